The quantitative estimate of drug-likeness (QED) is 0.356. The van der Waals surface area contributed by atoms with Gasteiger partial charge in [0, 0.05) is 30.8 Å². The van der Waals surface area contributed by atoms with Gasteiger partial charge in [-0.25, -0.2) is 4.98 Å². The maximum absolute atomic E-state index is 6.64. The molecule has 0 N–H and O–H groups in total. The van der Waals surface area contributed by atoms with Crippen LogP contribution in [0.15, 0.2) is 18.3 Å². The first-order chi connectivity index (χ1) is 16.4. The van der Waals surface area contributed by atoms with Gasteiger partial charge in [0.25, 0.3) is 0 Å². The minimum atomic E-state index is 0.0206. The molecule has 7 rings (SSSR count). The average Bonchev–Trinajstić information content (AvgIpc) is 3.69. The zero-order chi connectivity index (χ0) is 23.2. The molecule has 0 radical (unpaired) electrons. The molecule has 5 heterocycles. The highest BCUT2D eigenvalue weighted by Crippen LogP contribution is 2.66. The lowest BCUT2D eigenvalue weighted by Gasteiger charge is -2.37. The number of ether oxygens (including phenoxy) is 2. The average molecular weight is 502 g/mol. The molecule has 2 saturated carbocycles. The predicted octanol–water partition coefficient (Wildman–Crippen LogP) is 3.99. The van der Waals surface area contributed by atoms with Gasteiger partial charge in [-0.2, -0.15) is 9.97 Å². The molecule has 180 valence electrons. The number of fused-ring (bicyclic) bond motifs is 4. The molecule has 0 unspecified atom stereocenters. The fourth-order valence-electron chi connectivity index (χ4n) is 6.87. The van der Waals surface area contributed by atoms with E-state index in [2.05, 4.69) is 21.4 Å². The van der Waals surface area contributed by atoms with Crippen LogP contribution in [-0.2, 0) is 4.74 Å². The summed E-state index contributed by atoms with van der Waals surface area (Å²) in [5.74, 6) is 1.12. The second kappa shape index (κ2) is 7.42. The zero-order valence-electron chi connectivity index (χ0n) is 19.4. The summed E-state index contributed by atoms with van der Waals surface area (Å²) in [6, 6.07) is 0.596. The van der Waals surface area contributed by atoms with Crippen molar-refractivity contribution in [2.75, 3.05) is 44.4 Å². The summed E-state index contributed by atoms with van der Waals surface area (Å²) in [6.45, 7) is 11.0. The molecule has 34 heavy (non-hydrogen) atoms. The molecule has 7 nitrogen and oxygen atoms in total. The number of nitrogens with zero attached hydrogens (tertiary/aromatic N) is 5. The van der Waals surface area contributed by atoms with E-state index in [1.54, 1.807) is 6.20 Å². The molecule has 3 aliphatic heterocycles. The molecule has 0 bridgehead atoms. The van der Waals surface area contributed by atoms with Crippen molar-refractivity contribution in [3.05, 3.63) is 29.1 Å². The molecule has 9 heteroatoms. The van der Waals surface area contributed by atoms with E-state index in [0.29, 0.717) is 42.3 Å². The fraction of sp³-hybridized carbons (Fsp3) is 0.640. The Morgan fingerprint density at radius 1 is 1.26 bits per heavy atom. The Morgan fingerprint density at radius 2 is 2.12 bits per heavy atom. The standard InChI is InChI=1S/C25H29Cl2N5O2/c1-14-9-25(24(3-4-24)5-6-31(25)11-14)13-34-23-29-19-15(2)21(27)28-10-16(19)22(30-23)32-7-8-33-12-17-18(26)20(17)32/h10,17-18,20H,1,3-9,11-13H2,2H3/t17-,18-,20-,25-/m0/s1. The highest BCUT2D eigenvalue weighted by Gasteiger charge is 2.67. The van der Waals surface area contributed by atoms with Crippen LogP contribution in [0, 0.1) is 18.3 Å². The lowest BCUT2D eigenvalue weighted by Crippen LogP contribution is -2.49. The summed E-state index contributed by atoms with van der Waals surface area (Å²) < 4.78 is 12.3. The molecule has 2 aliphatic carbocycles. The highest BCUT2D eigenvalue weighted by molar-refractivity contribution is 6.31. The number of alkyl halides is 1. The minimum Gasteiger partial charge on any atom is -0.461 e. The van der Waals surface area contributed by atoms with Crippen molar-refractivity contribution in [2.24, 2.45) is 11.3 Å². The van der Waals surface area contributed by atoms with Crippen LogP contribution in [0.2, 0.25) is 5.15 Å². The van der Waals surface area contributed by atoms with Crippen LogP contribution in [0.5, 0.6) is 6.01 Å². The van der Waals surface area contributed by atoms with Gasteiger partial charge in [0.05, 0.1) is 41.1 Å². The molecule has 3 saturated heterocycles. The number of anilines is 1. The van der Waals surface area contributed by atoms with Crippen molar-refractivity contribution in [1.82, 2.24) is 19.9 Å². The third-order valence-corrected chi connectivity index (χ3v) is 9.99. The van der Waals surface area contributed by atoms with Crippen LogP contribution in [0.25, 0.3) is 10.9 Å². The number of rotatable bonds is 4. The van der Waals surface area contributed by atoms with Gasteiger partial charge < -0.3 is 14.4 Å². The topological polar surface area (TPSA) is 63.6 Å². The SMILES string of the molecule is C=C1CN2CCC3(CC3)[C@@]2(COc2nc(N3CCOC[C@H]4[C@H](Cl)[C@H]43)c3cnc(Cl)c(C)c3n2)C1. The van der Waals surface area contributed by atoms with E-state index in [9.17, 15) is 0 Å². The van der Waals surface area contributed by atoms with E-state index in [4.69, 9.17) is 42.6 Å². The number of pyridine rings is 1. The van der Waals surface area contributed by atoms with Crippen molar-refractivity contribution in [1.29, 1.82) is 0 Å². The molecule has 4 atom stereocenters. The van der Waals surface area contributed by atoms with E-state index in [-0.39, 0.29) is 17.0 Å². The Hall–Kier alpha value is -1.67. The third kappa shape index (κ3) is 3.00. The Morgan fingerprint density at radius 3 is 2.94 bits per heavy atom. The van der Waals surface area contributed by atoms with Crippen LogP contribution in [0.3, 0.4) is 0 Å². The summed E-state index contributed by atoms with van der Waals surface area (Å²) in [5, 5.41) is 1.38. The molecule has 5 fully saturated rings. The largest absolute Gasteiger partial charge is 0.461 e. The second-order valence-electron chi connectivity index (χ2n) is 10.8. The molecule has 2 aromatic heterocycles. The van der Waals surface area contributed by atoms with E-state index in [1.165, 1.54) is 24.8 Å². The van der Waals surface area contributed by atoms with Gasteiger partial charge in [-0.05, 0) is 44.6 Å². The van der Waals surface area contributed by atoms with Gasteiger partial charge in [-0.1, -0.05) is 23.8 Å². The maximum Gasteiger partial charge on any atom is 0.319 e. The summed E-state index contributed by atoms with van der Waals surface area (Å²) in [6.07, 6.45) is 6.58. The lowest BCUT2D eigenvalue weighted by atomic mass is 9.80. The number of aromatic nitrogens is 3. The Kier molecular flexibility index (Phi) is 4.71. The number of halogens is 2. The second-order valence-corrected chi connectivity index (χ2v) is 11.7. The van der Waals surface area contributed by atoms with Crippen molar-refractivity contribution >= 4 is 39.9 Å². The molecular weight excluding hydrogens is 473 g/mol. The van der Waals surface area contributed by atoms with Gasteiger partial charge in [-0.15, -0.1) is 11.6 Å². The highest BCUT2D eigenvalue weighted by atomic mass is 35.5. The lowest BCUT2D eigenvalue weighted by molar-refractivity contribution is 0.0649. The van der Waals surface area contributed by atoms with Crippen molar-refractivity contribution in [2.45, 2.75) is 49.6 Å². The molecule has 2 aromatic rings. The first-order valence-corrected chi connectivity index (χ1v) is 13.1. The Labute approximate surface area is 209 Å². The molecule has 0 aromatic carbocycles. The summed E-state index contributed by atoms with van der Waals surface area (Å²) >= 11 is 13.0. The van der Waals surface area contributed by atoms with E-state index in [1.807, 2.05) is 6.92 Å². The zero-order valence-corrected chi connectivity index (χ0v) is 20.9. The maximum atomic E-state index is 6.64. The van der Waals surface area contributed by atoms with Crippen molar-refractivity contribution in [3.63, 3.8) is 0 Å². The van der Waals surface area contributed by atoms with Crippen molar-refractivity contribution in [3.8, 4) is 6.01 Å². The smallest absolute Gasteiger partial charge is 0.319 e. The Bertz CT molecular complexity index is 1200. The normalized spacial score (nSPS) is 33.8. The number of hydrogen-bond acceptors (Lipinski definition) is 7. The van der Waals surface area contributed by atoms with Crippen molar-refractivity contribution < 1.29 is 9.47 Å². The summed E-state index contributed by atoms with van der Waals surface area (Å²) in [7, 11) is 0. The van der Waals surface area contributed by atoms with E-state index < -0.39 is 0 Å². The summed E-state index contributed by atoms with van der Waals surface area (Å²) in [4.78, 5) is 19.1. The monoisotopic (exact) mass is 501 g/mol. The van der Waals surface area contributed by atoms with Crippen LogP contribution in [0.1, 0.15) is 31.2 Å². The molecule has 0 amide bonds. The van der Waals surface area contributed by atoms with E-state index >= 15 is 0 Å². The minimum absolute atomic E-state index is 0.0206. The van der Waals surface area contributed by atoms with Gasteiger partial charge in [0.1, 0.15) is 17.6 Å². The third-order valence-electron chi connectivity index (χ3n) is 9.03. The first kappa shape index (κ1) is 21.6. The molecular formula is C25H29Cl2N5O2. The first-order valence-electron chi connectivity index (χ1n) is 12.3. The Balaban J connectivity index is 1.28. The molecule has 1 spiro atoms. The number of hydrogen-bond donors (Lipinski definition) is 0. The van der Waals surface area contributed by atoms with E-state index in [0.717, 1.165) is 48.3 Å². The van der Waals surface area contributed by atoms with Gasteiger partial charge in [-0.3, -0.25) is 4.90 Å². The van der Waals surface area contributed by atoms with Gasteiger partial charge >= 0.3 is 6.01 Å². The summed E-state index contributed by atoms with van der Waals surface area (Å²) in [5.41, 5.74) is 3.31. The van der Waals surface area contributed by atoms with Gasteiger partial charge in [0.2, 0.25) is 0 Å². The van der Waals surface area contributed by atoms with Crippen LogP contribution in [0.4, 0.5) is 5.82 Å². The molecule has 5 aliphatic rings. The fourth-order valence-corrected chi connectivity index (χ4v) is 7.47. The van der Waals surface area contributed by atoms with Crippen LogP contribution in [-0.4, -0.2) is 76.3 Å². The number of aryl methyl sites for hydroxylation is 1. The van der Waals surface area contributed by atoms with Crippen LogP contribution >= 0.6 is 23.2 Å². The van der Waals surface area contributed by atoms with Gasteiger partial charge in [0.15, 0.2) is 0 Å². The van der Waals surface area contributed by atoms with Crippen LogP contribution < -0.4 is 9.64 Å². The predicted molar refractivity (Wildman–Crippen MR) is 132 cm³/mol.